The summed E-state index contributed by atoms with van der Waals surface area (Å²) in [6, 6.07) is 8.15. The van der Waals surface area contributed by atoms with Crippen LogP contribution in [0.1, 0.15) is 5.56 Å². The van der Waals surface area contributed by atoms with E-state index in [1.807, 2.05) is 0 Å². The molecule has 0 atom stereocenters. The zero-order valence-corrected chi connectivity index (χ0v) is 12.8. The number of hydrogen-bond acceptors (Lipinski definition) is 3. The molecule has 0 amide bonds. The van der Waals surface area contributed by atoms with Crippen LogP contribution in [-0.2, 0) is 16.0 Å². The molecule has 0 bridgehead atoms. The van der Waals surface area contributed by atoms with Crippen LogP contribution in [0.2, 0.25) is 0 Å². The number of nitrogens with two attached hydrogens (primary N) is 1. The molecular formula is C13H9BrF3NO2S. The Morgan fingerprint density at radius 2 is 1.48 bits per heavy atom. The molecule has 0 spiro atoms. The molecule has 8 heteroatoms. The van der Waals surface area contributed by atoms with E-state index in [9.17, 15) is 21.6 Å². The molecule has 0 saturated carbocycles. The largest absolute Gasteiger partial charge is 0.418 e. The predicted molar refractivity (Wildman–Crippen MR) is 75.5 cm³/mol. The standard InChI is InChI=1S/C13H9BrF3NO2S/c14-8-1-3-9(4-2-8)21(19,20)10-5-6-12(18)11(7-10)13(15,16)17/h1-7H,18H2. The number of hydrogen-bond donors (Lipinski definition) is 1. The van der Waals surface area contributed by atoms with Gasteiger partial charge >= 0.3 is 6.18 Å². The van der Waals surface area contributed by atoms with Gasteiger partial charge in [-0.05, 0) is 42.5 Å². The molecular weight excluding hydrogens is 371 g/mol. The Balaban J connectivity index is 2.58. The Morgan fingerprint density at radius 3 is 2.00 bits per heavy atom. The van der Waals surface area contributed by atoms with Gasteiger partial charge in [-0.15, -0.1) is 0 Å². The van der Waals surface area contributed by atoms with Gasteiger partial charge < -0.3 is 5.73 Å². The van der Waals surface area contributed by atoms with Crippen LogP contribution in [0.5, 0.6) is 0 Å². The first-order valence-corrected chi connectivity index (χ1v) is 7.87. The van der Waals surface area contributed by atoms with Gasteiger partial charge in [0.2, 0.25) is 9.84 Å². The normalized spacial score (nSPS) is 12.4. The van der Waals surface area contributed by atoms with E-state index >= 15 is 0 Å². The number of rotatable bonds is 2. The average Bonchev–Trinajstić information content (AvgIpc) is 2.38. The van der Waals surface area contributed by atoms with Gasteiger partial charge in [0.15, 0.2) is 0 Å². The molecule has 0 fully saturated rings. The summed E-state index contributed by atoms with van der Waals surface area (Å²) in [5, 5.41) is 0. The lowest BCUT2D eigenvalue weighted by atomic mass is 10.2. The first kappa shape index (κ1) is 15.8. The van der Waals surface area contributed by atoms with E-state index in [-0.39, 0.29) is 4.90 Å². The smallest absolute Gasteiger partial charge is 0.398 e. The van der Waals surface area contributed by atoms with E-state index in [0.717, 1.165) is 12.1 Å². The third-order valence-electron chi connectivity index (χ3n) is 2.76. The fourth-order valence-corrected chi connectivity index (χ4v) is 3.25. The molecule has 2 aromatic rings. The first-order chi connectivity index (χ1) is 9.62. The summed E-state index contributed by atoms with van der Waals surface area (Å²) in [4.78, 5) is -0.546. The van der Waals surface area contributed by atoms with Crippen molar-refractivity contribution in [1.29, 1.82) is 0 Å². The molecule has 0 saturated heterocycles. The minimum Gasteiger partial charge on any atom is -0.398 e. The van der Waals surface area contributed by atoms with Crippen LogP contribution in [0.25, 0.3) is 0 Å². The van der Waals surface area contributed by atoms with E-state index in [1.165, 1.54) is 24.3 Å². The van der Waals surface area contributed by atoms with Crippen LogP contribution in [0.3, 0.4) is 0 Å². The molecule has 2 rings (SSSR count). The second kappa shape index (κ2) is 5.34. The van der Waals surface area contributed by atoms with E-state index in [1.54, 1.807) is 0 Å². The molecule has 3 nitrogen and oxygen atoms in total. The number of sulfone groups is 1. The lowest BCUT2D eigenvalue weighted by Gasteiger charge is -2.12. The molecule has 0 aliphatic carbocycles. The van der Waals surface area contributed by atoms with Crippen LogP contribution in [0, 0.1) is 0 Å². The summed E-state index contributed by atoms with van der Waals surface area (Å²) in [7, 11) is -4.03. The summed E-state index contributed by atoms with van der Waals surface area (Å²) in [6.45, 7) is 0. The SMILES string of the molecule is Nc1ccc(S(=O)(=O)c2ccc(Br)cc2)cc1C(F)(F)F. The Labute approximate surface area is 127 Å². The van der Waals surface area contributed by atoms with Crippen LogP contribution in [-0.4, -0.2) is 8.42 Å². The second-order valence-corrected chi connectivity index (χ2v) is 7.07. The quantitative estimate of drug-likeness (QED) is 0.805. The maximum atomic E-state index is 12.8. The fourth-order valence-electron chi connectivity index (χ4n) is 1.70. The topological polar surface area (TPSA) is 60.2 Å². The number of alkyl halides is 3. The summed E-state index contributed by atoms with van der Waals surface area (Å²) in [5.41, 5.74) is 3.57. The zero-order valence-electron chi connectivity index (χ0n) is 10.4. The van der Waals surface area contributed by atoms with Crippen molar-refractivity contribution in [2.45, 2.75) is 16.0 Å². The van der Waals surface area contributed by atoms with Gasteiger partial charge in [-0.3, -0.25) is 0 Å². The van der Waals surface area contributed by atoms with E-state index in [4.69, 9.17) is 5.73 Å². The molecule has 2 aromatic carbocycles. The Morgan fingerprint density at radius 1 is 0.952 bits per heavy atom. The predicted octanol–water partition coefficient (Wildman–Crippen LogP) is 3.88. The Kier molecular flexibility index (Phi) is 4.03. The van der Waals surface area contributed by atoms with Gasteiger partial charge in [-0.2, -0.15) is 13.2 Å². The lowest BCUT2D eigenvalue weighted by Crippen LogP contribution is -2.11. The monoisotopic (exact) mass is 379 g/mol. The van der Waals surface area contributed by atoms with Crippen molar-refractivity contribution in [2.75, 3.05) is 5.73 Å². The number of nitrogen functional groups attached to an aromatic ring is 1. The second-order valence-electron chi connectivity index (χ2n) is 4.20. The highest BCUT2D eigenvalue weighted by atomic mass is 79.9. The van der Waals surface area contributed by atoms with Crippen molar-refractivity contribution in [3.63, 3.8) is 0 Å². The molecule has 0 aliphatic rings. The highest BCUT2D eigenvalue weighted by Crippen LogP contribution is 2.36. The van der Waals surface area contributed by atoms with Crippen molar-refractivity contribution in [2.24, 2.45) is 0 Å². The van der Waals surface area contributed by atoms with Crippen molar-refractivity contribution < 1.29 is 21.6 Å². The maximum absolute atomic E-state index is 12.8. The molecule has 0 radical (unpaired) electrons. The van der Waals surface area contributed by atoms with Crippen LogP contribution in [0.15, 0.2) is 56.7 Å². The maximum Gasteiger partial charge on any atom is 0.418 e. The number of anilines is 1. The Bertz CT molecular complexity index is 771. The number of halogens is 4. The highest BCUT2D eigenvalue weighted by molar-refractivity contribution is 9.10. The molecule has 0 aromatic heterocycles. The van der Waals surface area contributed by atoms with Gasteiger partial charge in [-0.25, -0.2) is 8.42 Å². The molecule has 2 N–H and O–H groups in total. The highest BCUT2D eigenvalue weighted by Gasteiger charge is 2.34. The molecule has 0 unspecified atom stereocenters. The van der Waals surface area contributed by atoms with E-state index in [0.29, 0.717) is 10.5 Å². The summed E-state index contributed by atoms with van der Waals surface area (Å²) in [5.74, 6) is 0. The summed E-state index contributed by atoms with van der Waals surface area (Å²) >= 11 is 3.16. The lowest BCUT2D eigenvalue weighted by molar-refractivity contribution is -0.137. The van der Waals surface area contributed by atoms with Crippen molar-refractivity contribution >= 4 is 31.5 Å². The fraction of sp³-hybridized carbons (Fsp3) is 0.0769. The average molecular weight is 380 g/mol. The Hall–Kier alpha value is -1.54. The third kappa shape index (κ3) is 3.21. The zero-order chi connectivity index (χ0) is 15.8. The van der Waals surface area contributed by atoms with E-state index in [2.05, 4.69) is 15.9 Å². The molecule has 0 aliphatic heterocycles. The third-order valence-corrected chi connectivity index (χ3v) is 5.06. The van der Waals surface area contributed by atoms with Gasteiger partial charge in [0, 0.05) is 10.2 Å². The van der Waals surface area contributed by atoms with Crippen LogP contribution >= 0.6 is 15.9 Å². The van der Waals surface area contributed by atoms with Crippen LogP contribution in [0.4, 0.5) is 18.9 Å². The van der Waals surface area contributed by atoms with Gasteiger partial charge in [0.25, 0.3) is 0 Å². The summed E-state index contributed by atoms with van der Waals surface area (Å²) < 4.78 is 63.7. The van der Waals surface area contributed by atoms with E-state index < -0.39 is 32.2 Å². The van der Waals surface area contributed by atoms with Crippen molar-refractivity contribution in [3.8, 4) is 0 Å². The molecule has 112 valence electrons. The van der Waals surface area contributed by atoms with Gasteiger partial charge in [0.05, 0.1) is 15.4 Å². The van der Waals surface area contributed by atoms with Crippen molar-refractivity contribution in [3.05, 3.63) is 52.5 Å². The minimum absolute atomic E-state index is 0.0939. The minimum atomic E-state index is -4.71. The number of benzene rings is 2. The van der Waals surface area contributed by atoms with Crippen molar-refractivity contribution in [1.82, 2.24) is 0 Å². The first-order valence-electron chi connectivity index (χ1n) is 5.60. The van der Waals surface area contributed by atoms with Crippen LogP contribution < -0.4 is 5.73 Å². The molecule has 21 heavy (non-hydrogen) atoms. The van der Waals surface area contributed by atoms with Gasteiger partial charge in [-0.1, -0.05) is 15.9 Å². The summed E-state index contributed by atoms with van der Waals surface area (Å²) in [6.07, 6.45) is -4.71. The van der Waals surface area contributed by atoms with Gasteiger partial charge in [0.1, 0.15) is 0 Å². The molecule has 0 heterocycles.